The van der Waals surface area contributed by atoms with Gasteiger partial charge in [-0.1, -0.05) is 6.92 Å². The topological polar surface area (TPSA) is 49.3 Å². The van der Waals surface area contributed by atoms with E-state index in [1.165, 1.54) is 0 Å². The summed E-state index contributed by atoms with van der Waals surface area (Å²) in [4.78, 5) is 10.6. The van der Waals surface area contributed by atoms with Gasteiger partial charge in [-0.25, -0.2) is 0 Å². The van der Waals surface area contributed by atoms with Gasteiger partial charge in [0.2, 0.25) is 0 Å². The number of carbonyl (C=O) groups is 1. The molecule has 10 heavy (non-hydrogen) atoms. The Balaban J connectivity index is 2.65. The van der Waals surface area contributed by atoms with Crippen LogP contribution >= 0.6 is 0 Å². The fourth-order valence-corrected chi connectivity index (χ4v) is 0.934. The van der Waals surface area contributed by atoms with Gasteiger partial charge >= 0.3 is 0 Å². The van der Waals surface area contributed by atoms with E-state index >= 15 is 0 Å². The average molecular weight is 141 g/mol. The van der Waals surface area contributed by atoms with Crippen molar-refractivity contribution in [2.75, 3.05) is 6.54 Å². The lowest BCUT2D eigenvalue weighted by atomic mass is 10.0. The minimum absolute atomic E-state index is 0.141. The van der Waals surface area contributed by atoms with Gasteiger partial charge in [-0.2, -0.15) is 0 Å². The van der Waals surface area contributed by atoms with Gasteiger partial charge in [0, 0.05) is 6.54 Å². The molecule has 1 unspecified atom stereocenters. The molecule has 0 saturated heterocycles. The maximum absolute atomic E-state index is 10.6. The monoisotopic (exact) mass is 141 g/mol. The highest BCUT2D eigenvalue weighted by Crippen LogP contribution is 2.09. The molecule has 0 bridgehead atoms. The predicted molar refractivity (Wildman–Crippen MR) is 37.5 cm³/mol. The van der Waals surface area contributed by atoms with Gasteiger partial charge in [-0.05, 0) is 18.4 Å². The lowest BCUT2D eigenvalue weighted by Crippen LogP contribution is -2.34. The molecule has 56 valence electrons. The first-order chi connectivity index (χ1) is 4.74. The number of carbonyl (C=O) groups excluding carboxylic acids is 1. The quantitative estimate of drug-likeness (QED) is 0.561. The maximum Gasteiger partial charge on any atom is 0.285 e. The lowest BCUT2D eigenvalue weighted by molar-refractivity contribution is -0.120. The van der Waals surface area contributed by atoms with Crippen molar-refractivity contribution in [2.45, 2.75) is 13.3 Å². The van der Waals surface area contributed by atoms with E-state index < -0.39 is 0 Å². The van der Waals surface area contributed by atoms with Crippen LogP contribution in [0.1, 0.15) is 13.3 Å². The summed E-state index contributed by atoms with van der Waals surface area (Å²) in [6.07, 6.45) is 2.56. The number of rotatable bonds is 1. The van der Waals surface area contributed by atoms with Crippen molar-refractivity contribution in [1.82, 2.24) is 5.32 Å². The first-order valence-corrected chi connectivity index (χ1v) is 3.43. The fraction of sp³-hybridized carbons (Fsp3) is 0.571. The summed E-state index contributed by atoms with van der Waals surface area (Å²) in [6, 6.07) is 0. The first-order valence-electron chi connectivity index (χ1n) is 3.43. The maximum atomic E-state index is 10.6. The van der Waals surface area contributed by atoms with Gasteiger partial charge < -0.3 is 10.4 Å². The molecule has 3 heteroatoms. The Labute approximate surface area is 59.7 Å². The van der Waals surface area contributed by atoms with Crippen molar-refractivity contribution in [3.63, 3.8) is 0 Å². The highest BCUT2D eigenvalue weighted by molar-refractivity contribution is 5.91. The molecule has 1 aliphatic rings. The van der Waals surface area contributed by atoms with Crippen LogP contribution in [0.3, 0.4) is 0 Å². The number of hydrogen-bond donors (Lipinski definition) is 2. The molecule has 1 heterocycles. The van der Waals surface area contributed by atoms with Gasteiger partial charge in [-0.3, -0.25) is 4.79 Å². The lowest BCUT2D eigenvalue weighted by Gasteiger charge is -2.16. The molecule has 1 aliphatic heterocycles. The van der Waals surface area contributed by atoms with Gasteiger partial charge in [0.05, 0.1) is 0 Å². The molecule has 3 nitrogen and oxygen atoms in total. The standard InChI is InChI=1S/C7H11NO2/c1-2-5-3-6(9)7(10)8-4-5/h3,5,9H,2,4H2,1H3,(H,8,10). The number of nitrogens with one attached hydrogen (secondary N) is 1. The molecule has 2 N–H and O–H groups in total. The van der Waals surface area contributed by atoms with Gasteiger partial charge in [0.25, 0.3) is 5.91 Å². The van der Waals surface area contributed by atoms with E-state index in [0.29, 0.717) is 12.5 Å². The summed E-state index contributed by atoms with van der Waals surface area (Å²) in [5.74, 6) is -0.194. The molecule has 1 amide bonds. The summed E-state index contributed by atoms with van der Waals surface area (Å²) < 4.78 is 0. The van der Waals surface area contributed by atoms with Crippen molar-refractivity contribution in [3.05, 3.63) is 11.8 Å². The van der Waals surface area contributed by atoms with Crippen LogP contribution in [0, 0.1) is 5.92 Å². The number of hydrogen-bond acceptors (Lipinski definition) is 2. The third-order valence-corrected chi connectivity index (χ3v) is 1.68. The molecule has 0 saturated carbocycles. The zero-order chi connectivity index (χ0) is 7.56. The van der Waals surface area contributed by atoms with Crippen molar-refractivity contribution >= 4 is 5.91 Å². The molecule has 0 spiro atoms. The molecule has 0 radical (unpaired) electrons. The normalized spacial score (nSPS) is 25.5. The molecule has 1 rings (SSSR count). The summed E-state index contributed by atoms with van der Waals surface area (Å²) in [5, 5.41) is 11.5. The first kappa shape index (κ1) is 7.12. The van der Waals surface area contributed by atoms with E-state index in [2.05, 4.69) is 5.32 Å². The Hall–Kier alpha value is -0.990. The summed E-state index contributed by atoms with van der Waals surface area (Å²) in [6.45, 7) is 2.67. The van der Waals surface area contributed by atoms with Crippen LogP contribution in [0.15, 0.2) is 11.8 Å². The molecular weight excluding hydrogens is 130 g/mol. The van der Waals surface area contributed by atoms with Crippen LogP contribution in [0.2, 0.25) is 0 Å². The summed E-state index contributed by atoms with van der Waals surface area (Å²) in [5.41, 5.74) is 0. The van der Waals surface area contributed by atoms with Gasteiger partial charge in [0.1, 0.15) is 0 Å². The third-order valence-electron chi connectivity index (χ3n) is 1.68. The van der Waals surface area contributed by atoms with E-state index in [1.54, 1.807) is 6.08 Å². The fourth-order valence-electron chi connectivity index (χ4n) is 0.934. The van der Waals surface area contributed by atoms with Crippen molar-refractivity contribution in [2.24, 2.45) is 5.92 Å². The minimum Gasteiger partial charge on any atom is -0.503 e. The number of aliphatic hydroxyl groups excluding tert-OH is 1. The van der Waals surface area contributed by atoms with Crippen LogP contribution in [0.4, 0.5) is 0 Å². The highest BCUT2D eigenvalue weighted by atomic mass is 16.3. The Morgan fingerprint density at radius 2 is 2.60 bits per heavy atom. The smallest absolute Gasteiger partial charge is 0.285 e. The molecule has 1 atom stereocenters. The minimum atomic E-state index is -0.357. The summed E-state index contributed by atoms with van der Waals surface area (Å²) in [7, 11) is 0. The van der Waals surface area contributed by atoms with Gasteiger partial charge in [-0.15, -0.1) is 0 Å². The molecule has 0 aromatic carbocycles. The zero-order valence-electron chi connectivity index (χ0n) is 5.92. The van der Waals surface area contributed by atoms with Crippen LogP contribution < -0.4 is 5.32 Å². The Morgan fingerprint density at radius 3 is 3.10 bits per heavy atom. The number of aliphatic hydroxyl groups is 1. The molecule has 0 fully saturated rings. The predicted octanol–water partition coefficient (Wildman–Crippen LogP) is 0.584. The second-order valence-electron chi connectivity index (χ2n) is 2.43. The van der Waals surface area contributed by atoms with Crippen LogP contribution in [0.25, 0.3) is 0 Å². The molecular formula is C7H11NO2. The van der Waals surface area contributed by atoms with E-state index in [4.69, 9.17) is 5.11 Å². The summed E-state index contributed by atoms with van der Waals surface area (Å²) >= 11 is 0. The second kappa shape index (κ2) is 2.73. The van der Waals surface area contributed by atoms with Crippen LogP contribution in [-0.4, -0.2) is 17.6 Å². The molecule has 0 aromatic heterocycles. The van der Waals surface area contributed by atoms with E-state index in [-0.39, 0.29) is 11.7 Å². The Kier molecular flexibility index (Phi) is 1.94. The highest BCUT2D eigenvalue weighted by Gasteiger charge is 2.16. The van der Waals surface area contributed by atoms with Gasteiger partial charge in [0.15, 0.2) is 5.76 Å². The van der Waals surface area contributed by atoms with Crippen LogP contribution in [-0.2, 0) is 4.79 Å². The largest absolute Gasteiger partial charge is 0.503 e. The van der Waals surface area contributed by atoms with Crippen LogP contribution in [0.5, 0.6) is 0 Å². The van der Waals surface area contributed by atoms with Crippen molar-refractivity contribution in [3.8, 4) is 0 Å². The SMILES string of the molecule is CCC1C=C(O)C(=O)NC1. The molecule has 0 aliphatic carbocycles. The Morgan fingerprint density at radius 1 is 1.90 bits per heavy atom. The van der Waals surface area contributed by atoms with E-state index in [0.717, 1.165) is 6.42 Å². The van der Waals surface area contributed by atoms with E-state index in [1.807, 2.05) is 6.92 Å². The number of amides is 1. The molecule has 0 aromatic rings. The van der Waals surface area contributed by atoms with Crippen molar-refractivity contribution < 1.29 is 9.90 Å². The zero-order valence-corrected chi connectivity index (χ0v) is 5.92. The second-order valence-corrected chi connectivity index (χ2v) is 2.43. The van der Waals surface area contributed by atoms with E-state index in [9.17, 15) is 4.79 Å². The van der Waals surface area contributed by atoms with Crippen molar-refractivity contribution in [1.29, 1.82) is 0 Å². The Bertz CT molecular complexity index is 174. The third kappa shape index (κ3) is 1.29. The average Bonchev–Trinajstić information content (AvgIpc) is 1.95.